The van der Waals surface area contributed by atoms with Gasteiger partial charge in [0.05, 0.1) is 0 Å². The normalized spacial score (nSPS) is 25.6. The molecule has 0 radical (unpaired) electrons. The lowest BCUT2D eigenvalue weighted by Crippen LogP contribution is -2.52. The molecule has 1 N–H and O–H groups in total. The van der Waals surface area contributed by atoms with Crippen LogP contribution in [0.3, 0.4) is 0 Å². The second kappa shape index (κ2) is 7.91. The number of hydrogen-bond donors (Lipinski definition) is 1. The van der Waals surface area contributed by atoms with E-state index < -0.39 is 6.04 Å². The maximum atomic E-state index is 12.7. The maximum absolute atomic E-state index is 12.7. The number of rotatable bonds is 5. The molecular weight excluding hydrogens is 358 g/mol. The Morgan fingerprint density at radius 2 is 2.04 bits per heavy atom. The van der Waals surface area contributed by atoms with Gasteiger partial charge in [-0.2, -0.15) is 0 Å². The second-order valence-corrected chi connectivity index (χ2v) is 7.81. The third-order valence-electron chi connectivity index (χ3n) is 6.09. The average molecular weight is 385 g/mol. The highest BCUT2D eigenvalue weighted by molar-refractivity contribution is 6.05. The van der Waals surface area contributed by atoms with Gasteiger partial charge in [0.25, 0.3) is 5.91 Å². The Morgan fingerprint density at radius 1 is 1.18 bits per heavy atom. The van der Waals surface area contributed by atoms with Crippen molar-refractivity contribution in [3.05, 3.63) is 29.3 Å². The van der Waals surface area contributed by atoms with Crippen LogP contribution in [0.15, 0.2) is 18.2 Å². The predicted octanol–water partition coefficient (Wildman–Crippen LogP) is 1.70. The number of likely N-dealkylation sites (tertiary alicyclic amines) is 1. The van der Waals surface area contributed by atoms with E-state index in [1.165, 1.54) is 12.8 Å². The highest BCUT2D eigenvalue weighted by Crippen LogP contribution is 2.30. The molecule has 0 aliphatic carbocycles. The van der Waals surface area contributed by atoms with Crippen LogP contribution in [0.5, 0.6) is 5.75 Å². The number of imide groups is 1. The van der Waals surface area contributed by atoms with Crippen molar-refractivity contribution in [3.8, 4) is 5.75 Å². The summed E-state index contributed by atoms with van der Waals surface area (Å²) in [6, 6.07) is 5.40. The Bertz CT molecular complexity index is 794. The first-order valence-electron chi connectivity index (χ1n) is 10.2. The minimum atomic E-state index is -0.581. The molecule has 4 rings (SSSR count). The number of fused-ring (bicyclic) bond motifs is 1. The number of nitrogens with zero attached hydrogens (tertiary/aromatic N) is 2. The van der Waals surface area contributed by atoms with E-state index in [1.54, 1.807) is 11.0 Å². The summed E-state index contributed by atoms with van der Waals surface area (Å²) in [5, 5.41) is 2.33. The highest BCUT2D eigenvalue weighted by atomic mass is 16.5. The summed E-state index contributed by atoms with van der Waals surface area (Å²) < 4.78 is 6.06. The van der Waals surface area contributed by atoms with Crippen LogP contribution in [-0.2, 0) is 16.1 Å². The summed E-state index contributed by atoms with van der Waals surface area (Å²) >= 11 is 0. The van der Waals surface area contributed by atoms with E-state index >= 15 is 0 Å². The minimum Gasteiger partial charge on any atom is -0.492 e. The molecule has 2 saturated heterocycles. The summed E-state index contributed by atoms with van der Waals surface area (Å²) in [5.74, 6) is -0.0467. The molecule has 1 aromatic carbocycles. The topological polar surface area (TPSA) is 79.0 Å². The van der Waals surface area contributed by atoms with Gasteiger partial charge in [0.15, 0.2) is 0 Å². The second-order valence-electron chi connectivity index (χ2n) is 7.81. The number of piperidine rings is 2. The third kappa shape index (κ3) is 3.63. The van der Waals surface area contributed by atoms with Gasteiger partial charge in [-0.1, -0.05) is 13.3 Å². The summed E-state index contributed by atoms with van der Waals surface area (Å²) in [6.45, 7) is 5.38. The molecule has 150 valence electrons. The van der Waals surface area contributed by atoms with Crippen molar-refractivity contribution in [2.75, 3.05) is 19.7 Å². The molecule has 1 aromatic rings. The standard InChI is InChI=1S/C21H27N3O4/c1-2-23-10-4-3-5-15(23)13-28-16-6-7-17-14(11-16)12-24(21(17)27)18-8-9-19(25)22-20(18)26/h6-7,11,15,18H,2-5,8-10,12-13H2,1H3,(H,22,25,26)/t15-,18?/m1/s1. The Labute approximate surface area is 165 Å². The van der Waals surface area contributed by atoms with E-state index in [-0.39, 0.29) is 24.1 Å². The van der Waals surface area contributed by atoms with Gasteiger partial charge in [0.2, 0.25) is 11.8 Å². The Kier molecular flexibility index (Phi) is 5.35. The predicted molar refractivity (Wildman–Crippen MR) is 103 cm³/mol. The summed E-state index contributed by atoms with van der Waals surface area (Å²) in [6.07, 6.45) is 4.29. The quantitative estimate of drug-likeness (QED) is 0.781. The summed E-state index contributed by atoms with van der Waals surface area (Å²) in [7, 11) is 0. The van der Waals surface area contributed by atoms with Gasteiger partial charge in [0.1, 0.15) is 18.4 Å². The molecule has 7 nitrogen and oxygen atoms in total. The van der Waals surface area contributed by atoms with Crippen LogP contribution in [0.1, 0.15) is 54.9 Å². The molecule has 0 bridgehead atoms. The molecule has 1 unspecified atom stereocenters. The fraction of sp³-hybridized carbons (Fsp3) is 0.571. The molecule has 3 heterocycles. The molecule has 0 spiro atoms. The zero-order valence-corrected chi connectivity index (χ0v) is 16.3. The number of carbonyl (C=O) groups excluding carboxylic acids is 3. The van der Waals surface area contributed by atoms with Gasteiger partial charge in [-0.25, -0.2) is 0 Å². The third-order valence-corrected chi connectivity index (χ3v) is 6.09. The Morgan fingerprint density at radius 3 is 2.82 bits per heavy atom. The Balaban J connectivity index is 1.42. The fourth-order valence-corrected chi connectivity index (χ4v) is 4.50. The minimum absolute atomic E-state index is 0.152. The zero-order chi connectivity index (χ0) is 19.7. The van der Waals surface area contributed by atoms with Crippen LogP contribution in [0.2, 0.25) is 0 Å². The number of benzene rings is 1. The number of hydrogen-bond acceptors (Lipinski definition) is 5. The molecule has 0 saturated carbocycles. The van der Waals surface area contributed by atoms with Gasteiger partial charge >= 0.3 is 0 Å². The van der Waals surface area contributed by atoms with Crippen molar-refractivity contribution in [3.63, 3.8) is 0 Å². The van der Waals surface area contributed by atoms with Crippen LogP contribution in [0.4, 0.5) is 0 Å². The van der Waals surface area contributed by atoms with Crippen molar-refractivity contribution in [2.45, 2.75) is 57.7 Å². The number of carbonyl (C=O) groups is 3. The first-order valence-corrected chi connectivity index (χ1v) is 10.2. The molecule has 28 heavy (non-hydrogen) atoms. The van der Waals surface area contributed by atoms with Crippen LogP contribution in [0.25, 0.3) is 0 Å². The van der Waals surface area contributed by atoms with Gasteiger partial charge in [-0.05, 0) is 56.1 Å². The van der Waals surface area contributed by atoms with Gasteiger partial charge in [0, 0.05) is 24.6 Å². The molecule has 3 amide bonds. The van der Waals surface area contributed by atoms with E-state index in [0.29, 0.717) is 31.2 Å². The van der Waals surface area contributed by atoms with Crippen molar-refractivity contribution < 1.29 is 19.1 Å². The van der Waals surface area contributed by atoms with E-state index in [0.717, 1.165) is 30.8 Å². The van der Waals surface area contributed by atoms with Crippen LogP contribution in [-0.4, -0.2) is 59.3 Å². The first kappa shape index (κ1) is 18.9. The summed E-state index contributed by atoms with van der Waals surface area (Å²) in [4.78, 5) is 40.3. The van der Waals surface area contributed by atoms with Crippen molar-refractivity contribution in [1.82, 2.24) is 15.1 Å². The van der Waals surface area contributed by atoms with E-state index in [2.05, 4.69) is 17.1 Å². The van der Waals surface area contributed by atoms with E-state index in [4.69, 9.17) is 4.74 Å². The zero-order valence-electron chi connectivity index (χ0n) is 16.3. The molecule has 2 fully saturated rings. The van der Waals surface area contributed by atoms with Gasteiger partial charge in [-0.3, -0.25) is 24.6 Å². The Hall–Kier alpha value is -2.41. The van der Waals surface area contributed by atoms with Gasteiger partial charge < -0.3 is 9.64 Å². The number of ether oxygens (including phenoxy) is 1. The smallest absolute Gasteiger partial charge is 0.255 e. The number of likely N-dealkylation sites (N-methyl/N-ethyl adjacent to an activating group) is 1. The van der Waals surface area contributed by atoms with Crippen LogP contribution in [0, 0.1) is 0 Å². The fourth-order valence-electron chi connectivity index (χ4n) is 4.50. The molecule has 2 atom stereocenters. The van der Waals surface area contributed by atoms with Crippen LogP contribution >= 0.6 is 0 Å². The van der Waals surface area contributed by atoms with Crippen molar-refractivity contribution in [2.24, 2.45) is 0 Å². The molecule has 7 heteroatoms. The monoisotopic (exact) mass is 385 g/mol. The van der Waals surface area contributed by atoms with E-state index in [9.17, 15) is 14.4 Å². The maximum Gasteiger partial charge on any atom is 0.255 e. The molecular formula is C21H27N3O4. The SMILES string of the molecule is CCN1CCCC[C@@H]1COc1ccc2c(c1)CN(C1CCC(=O)NC1=O)C2=O. The average Bonchev–Trinajstić information content (AvgIpc) is 3.02. The van der Waals surface area contributed by atoms with Gasteiger partial charge in [-0.15, -0.1) is 0 Å². The molecule has 3 aliphatic heterocycles. The summed E-state index contributed by atoms with van der Waals surface area (Å²) in [5.41, 5.74) is 1.49. The van der Waals surface area contributed by atoms with Crippen LogP contribution < -0.4 is 10.1 Å². The lowest BCUT2D eigenvalue weighted by atomic mass is 10.0. The highest BCUT2D eigenvalue weighted by Gasteiger charge is 2.39. The van der Waals surface area contributed by atoms with Crippen molar-refractivity contribution >= 4 is 17.7 Å². The number of amides is 3. The van der Waals surface area contributed by atoms with Crippen molar-refractivity contribution in [1.29, 1.82) is 0 Å². The lowest BCUT2D eigenvalue weighted by molar-refractivity contribution is -0.136. The van der Waals surface area contributed by atoms with E-state index in [1.807, 2.05) is 12.1 Å². The number of nitrogens with one attached hydrogen (secondary N) is 1. The lowest BCUT2D eigenvalue weighted by Gasteiger charge is -2.34. The molecule has 0 aromatic heterocycles. The molecule has 3 aliphatic rings. The first-order chi connectivity index (χ1) is 13.6. The largest absolute Gasteiger partial charge is 0.492 e.